The van der Waals surface area contributed by atoms with Crippen LogP contribution in [0.15, 0.2) is 36.5 Å². The zero-order valence-electron chi connectivity index (χ0n) is 55.5. The number of ether oxygens (including phenoxy) is 3. The van der Waals surface area contributed by atoms with Gasteiger partial charge in [-0.3, -0.25) is 14.4 Å². The van der Waals surface area contributed by atoms with Gasteiger partial charge in [-0.25, -0.2) is 0 Å². The first-order valence-corrected chi connectivity index (χ1v) is 37.0. The zero-order chi connectivity index (χ0) is 59.2. The predicted molar refractivity (Wildman–Crippen MR) is 358 cm³/mol. The minimum Gasteiger partial charge on any atom is -0.462 e. The number of esters is 3. The molecule has 0 N–H and O–H groups in total. The standard InChI is InChI=1S/C76H142O6/c1-4-7-10-13-16-19-22-25-27-29-30-31-32-33-34-35-36-37-38-39-40-41-42-43-44-45-46-47-49-51-54-57-60-63-66-69-75(78)81-72-73(71-80-74(77)68-65-62-59-56-53-50-24-21-18-15-12-9-6-3)82-76(79)70-67-64-61-58-55-52-48-28-26-23-20-17-14-11-8-5-2/h21-22,24-25,29-30,73H,4-20,23,26-28,31-72H2,1-3H3/b24-21-,25-22-,30-29-. The highest BCUT2D eigenvalue weighted by Crippen LogP contribution is 2.19. The van der Waals surface area contributed by atoms with Crippen LogP contribution >= 0.6 is 0 Å². The molecule has 0 radical (unpaired) electrons. The molecule has 0 saturated carbocycles. The van der Waals surface area contributed by atoms with Gasteiger partial charge in [0, 0.05) is 19.3 Å². The molecule has 0 aliphatic carbocycles. The van der Waals surface area contributed by atoms with Crippen LogP contribution in [0.2, 0.25) is 0 Å². The summed E-state index contributed by atoms with van der Waals surface area (Å²) in [4.78, 5) is 38.4. The van der Waals surface area contributed by atoms with E-state index in [2.05, 4.69) is 57.2 Å². The minimum absolute atomic E-state index is 0.0679. The molecule has 0 saturated heterocycles. The van der Waals surface area contributed by atoms with Crippen molar-refractivity contribution < 1.29 is 28.6 Å². The van der Waals surface area contributed by atoms with Crippen molar-refractivity contribution in [2.75, 3.05) is 13.2 Å². The monoisotopic (exact) mass is 1150 g/mol. The number of allylic oxidation sites excluding steroid dienone is 6. The largest absolute Gasteiger partial charge is 0.462 e. The molecule has 0 aromatic rings. The summed E-state index contributed by atoms with van der Waals surface area (Å²) < 4.78 is 17.0. The van der Waals surface area contributed by atoms with Gasteiger partial charge in [0.15, 0.2) is 6.10 Å². The Morgan fingerprint density at radius 1 is 0.244 bits per heavy atom. The molecule has 0 heterocycles. The van der Waals surface area contributed by atoms with E-state index in [0.717, 1.165) is 70.6 Å². The molecular formula is C76H142O6. The van der Waals surface area contributed by atoms with Crippen molar-refractivity contribution in [2.24, 2.45) is 0 Å². The topological polar surface area (TPSA) is 78.9 Å². The molecule has 0 fully saturated rings. The summed E-state index contributed by atoms with van der Waals surface area (Å²) in [5, 5.41) is 0. The lowest BCUT2D eigenvalue weighted by Crippen LogP contribution is -2.30. The Labute approximate surface area is 512 Å². The van der Waals surface area contributed by atoms with Gasteiger partial charge in [-0.15, -0.1) is 0 Å². The summed E-state index contributed by atoms with van der Waals surface area (Å²) >= 11 is 0. The molecule has 0 aromatic heterocycles. The van der Waals surface area contributed by atoms with Crippen molar-refractivity contribution in [3.63, 3.8) is 0 Å². The summed E-state index contributed by atoms with van der Waals surface area (Å²) in [5.41, 5.74) is 0. The van der Waals surface area contributed by atoms with Crippen LogP contribution in [-0.4, -0.2) is 37.2 Å². The van der Waals surface area contributed by atoms with E-state index in [1.807, 2.05) is 0 Å². The number of hydrogen-bond acceptors (Lipinski definition) is 6. The van der Waals surface area contributed by atoms with Crippen LogP contribution in [0.3, 0.4) is 0 Å². The molecule has 0 aliphatic heterocycles. The van der Waals surface area contributed by atoms with Gasteiger partial charge in [0.1, 0.15) is 13.2 Å². The zero-order valence-corrected chi connectivity index (χ0v) is 55.5. The lowest BCUT2D eigenvalue weighted by atomic mass is 10.0. The Morgan fingerprint density at radius 2 is 0.439 bits per heavy atom. The summed E-state index contributed by atoms with van der Waals surface area (Å²) in [6.45, 7) is 6.68. The van der Waals surface area contributed by atoms with E-state index in [-0.39, 0.29) is 31.1 Å². The normalized spacial score (nSPS) is 12.2. The third-order valence-corrected chi connectivity index (χ3v) is 16.9. The molecular weight excluding hydrogens is 1010 g/mol. The maximum absolute atomic E-state index is 12.9. The minimum atomic E-state index is -0.771. The Balaban J connectivity index is 4.06. The van der Waals surface area contributed by atoms with Gasteiger partial charge in [-0.2, -0.15) is 0 Å². The summed E-state index contributed by atoms with van der Waals surface area (Å²) in [6.07, 6.45) is 89.2. The van der Waals surface area contributed by atoms with Gasteiger partial charge >= 0.3 is 17.9 Å². The second kappa shape index (κ2) is 71.1. The van der Waals surface area contributed by atoms with Crippen LogP contribution in [0.4, 0.5) is 0 Å². The van der Waals surface area contributed by atoms with Crippen LogP contribution in [0.5, 0.6) is 0 Å². The Bertz CT molecular complexity index is 1370. The van der Waals surface area contributed by atoms with Crippen molar-refractivity contribution >= 4 is 17.9 Å². The molecule has 6 nitrogen and oxygen atoms in total. The summed E-state index contributed by atoms with van der Waals surface area (Å²) in [6, 6.07) is 0. The SMILES string of the molecule is CCCCCC/C=C\CCCCCCCC(=O)OCC(COC(=O)CCCCCCCCCCCCCCCCCCCCCCCCC/C=C\C/C=C\CCCCCCC)OC(=O)CCCCCCCCCCCCCCCCCC. The van der Waals surface area contributed by atoms with E-state index in [0.29, 0.717) is 19.3 Å². The highest BCUT2D eigenvalue weighted by Gasteiger charge is 2.19. The van der Waals surface area contributed by atoms with E-state index < -0.39 is 6.10 Å². The second-order valence-corrected chi connectivity index (χ2v) is 25.2. The fourth-order valence-electron chi connectivity index (χ4n) is 11.3. The van der Waals surface area contributed by atoms with Gasteiger partial charge < -0.3 is 14.2 Å². The number of carbonyl (C=O) groups is 3. The highest BCUT2D eigenvalue weighted by molar-refractivity contribution is 5.71. The van der Waals surface area contributed by atoms with Crippen molar-refractivity contribution in [3.8, 4) is 0 Å². The van der Waals surface area contributed by atoms with Crippen LogP contribution < -0.4 is 0 Å². The van der Waals surface area contributed by atoms with E-state index >= 15 is 0 Å². The maximum Gasteiger partial charge on any atom is 0.306 e. The van der Waals surface area contributed by atoms with Crippen molar-refractivity contribution in [2.45, 2.75) is 419 Å². The lowest BCUT2D eigenvalue weighted by Gasteiger charge is -2.18. The number of unbranched alkanes of at least 4 members (excludes halogenated alkanes) is 52. The van der Waals surface area contributed by atoms with Crippen molar-refractivity contribution in [1.82, 2.24) is 0 Å². The lowest BCUT2D eigenvalue weighted by molar-refractivity contribution is -0.167. The fourth-order valence-corrected chi connectivity index (χ4v) is 11.3. The molecule has 1 atom stereocenters. The van der Waals surface area contributed by atoms with Crippen LogP contribution in [0.1, 0.15) is 412 Å². The Morgan fingerprint density at radius 3 is 0.695 bits per heavy atom. The van der Waals surface area contributed by atoms with Crippen LogP contribution in [-0.2, 0) is 28.6 Å². The summed E-state index contributed by atoms with van der Waals surface area (Å²) in [7, 11) is 0. The molecule has 0 spiro atoms. The molecule has 0 amide bonds. The predicted octanol–water partition coefficient (Wildman–Crippen LogP) is 25.5. The van der Waals surface area contributed by atoms with Gasteiger partial charge in [-0.05, 0) is 77.0 Å². The van der Waals surface area contributed by atoms with Gasteiger partial charge in [0.25, 0.3) is 0 Å². The molecule has 482 valence electrons. The quantitative estimate of drug-likeness (QED) is 0.0261. The van der Waals surface area contributed by atoms with Crippen LogP contribution in [0, 0.1) is 0 Å². The molecule has 6 heteroatoms. The number of carbonyl (C=O) groups excluding carboxylic acids is 3. The average Bonchev–Trinajstić information content (AvgIpc) is 3.47. The highest BCUT2D eigenvalue weighted by atomic mass is 16.6. The van der Waals surface area contributed by atoms with E-state index in [1.165, 1.54) is 302 Å². The summed E-state index contributed by atoms with van der Waals surface area (Å²) in [5.74, 6) is -0.846. The van der Waals surface area contributed by atoms with E-state index in [1.54, 1.807) is 0 Å². The third-order valence-electron chi connectivity index (χ3n) is 16.9. The molecule has 1 unspecified atom stereocenters. The third kappa shape index (κ3) is 68.4. The van der Waals surface area contributed by atoms with Crippen LogP contribution in [0.25, 0.3) is 0 Å². The molecule has 0 bridgehead atoms. The Hall–Kier alpha value is -2.37. The first-order chi connectivity index (χ1) is 40.5. The number of hydrogen-bond donors (Lipinski definition) is 0. The number of rotatable bonds is 69. The Kier molecular flexibility index (Phi) is 69.1. The fraction of sp³-hybridized carbons (Fsp3) is 0.882. The molecule has 82 heavy (non-hydrogen) atoms. The molecule has 0 aliphatic rings. The van der Waals surface area contributed by atoms with Crippen molar-refractivity contribution in [1.29, 1.82) is 0 Å². The average molecular weight is 1150 g/mol. The first-order valence-electron chi connectivity index (χ1n) is 37.0. The van der Waals surface area contributed by atoms with Crippen molar-refractivity contribution in [3.05, 3.63) is 36.5 Å². The van der Waals surface area contributed by atoms with E-state index in [4.69, 9.17) is 14.2 Å². The maximum atomic E-state index is 12.9. The van der Waals surface area contributed by atoms with Gasteiger partial charge in [0.05, 0.1) is 0 Å². The molecule has 0 rings (SSSR count). The smallest absolute Gasteiger partial charge is 0.306 e. The molecule has 0 aromatic carbocycles. The first kappa shape index (κ1) is 79.6. The van der Waals surface area contributed by atoms with E-state index in [9.17, 15) is 14.4 Å². The van der Waals surface area contributed by atoms with Gasteiger partial charge in [-0.1, -0.05) is 353 Å². The van der Waals surface area contributed by atoms with Gasteiger partial charge in [0.2, 0.25) is 0 Å². The second-order valence-electron chi connectivity index (χ2n) is 25.2.